The number of benzene rings is 1. The number of ketones is 1. The zero-order valence-corrected chi connectivity index (χ0v) is 17.4. The van der Waals surface area contributed by atoms with E-state index in [1.807, 2.05) is 31.2 Å². The summed E-state index contributed by atoms with van der Waals surface area (Å²) in [6.07, 6.45) is 4.83. The Morgan fingerprint density at radius 3 is 2.93 bits per heavy atom. The Morgan fingerprint density at radius 2 is 2.17 bits per heavy atom. The van der Waals surface area contributed by atoms with Crippen LogP contribution in [0, 0.1) is 6.92 Å². The lowest BCUT2D eigenvalue weighted by molar-refractivity contribution is -0.114. The lowest BCUT2D eigenvalue weighted by Crippen LogP contribution is -2.45. The van der Waals surface area contributed by atoms with Gasteiger partial charge in [-0.15, -0.1) is 0 Å². The van der Waals surface area contributed by atoms with Crippen molar-refractivity contribution in [1.29, 1.82) is 0 Å². The molecule has 1 aliphatic heterocycles. The maximum atomic E-state index is 11.8. The van der Waals surface area contributed by atoms with E-state index in [-0.39, 0.29) is 24.3 Å². The minimum Gasteiger partial charge on any atom is -0.453 e. The molecule has 0 spiro atoms. The van der Waals surface area contributed by atoms with Gasteiger partial charge in [0.2, 0.25) is 5.95 Å². The molecule has 1 aromatic carbocycles. The maximum absolute atomic E-state index is 11.8. The first-order chi connectivity index (χ1) is 14.5. The second-order valence-electron chi connectivity index (χ2n) is 7.25. The van der Waals surface area contributed by atoms with Gasteiger partial charge >= 0.3 is 6.09 Å². The highest BCUT2D eigenvalue weighted by Crippen LogP contribution is 2.24. The first-order valence-corrected chi connectivity index (χ1v) is 9.93. The Morgan fingerprint density at radius 1 is 1.37 bits per heavy atom. The van der Waals surface area contributed by atoms with Crippen molar-refractivity contribution in [3.05, 3.63) is 54.2 Å². The van der Waals surface area contributed by atoms with Crippen LogP contribution in [0.2, 0.25) is 0 Å². The van der Waals surface area contributed by atoms with Crippen LogP contribution >= 0.6 is 0 Å². The fourth-order valence-electron chi connectivity index (χ4n) is 3.39. The van der Waals surface area contributed by atoms with Crippen molar-refractivity contribution < 1.29 is 14.3 Å². The monoisotopic (exact) mass is 409 g/mol. The molecule has 30 heavy (non-hydrogen) atoms. The Bertz CT molecular complexity index is 931. The molecule has 158 valence electrons. The highest BCUT2D eigenvalue weighted by Gasteiger charge is 2.24. The minimum absolute atomic E-state index is 0.0431. The molecule has 1 saturated heterocycles. The summed E-state index contributed by atoms with van der Waals surface area (Å²) >= 11 is 0. The number of aryl methyl sites for hydroxylation is 1. The van der Waals surface area contributed by atoms with Crippen LogP contribution in [0.1, 0.15) is 24.0 Å². The van der Waals surface area contributed by atoms with Crippen molar-refractivity contribution in [3.8, 4) is 0 Å². The first kappa shape index (κ1) is 21.3. The molecule has 0 radical (unpaired) electrons. The van der Waals surface area contributed by atoms with E-state index in [2.05, 4.69) is 27.2 Å². The van der Waals surface area contributed by atoms with Crippen molar-refractivity contribution in [2.24, 2.45) is 0 Å². The highest BCUT2D eigenvalue weighted by atomic mass is 16.5. The van der Waals surface area contributed by atoms with Crippen LogP contribution in [0.25, 0.3) is 0 Å². The number of hydrogen-bond acceptors (Lipinski definition) is 7. The molecule has 3 rings (SSSR count). The number of carbonyl (C=O) groups is 2. The number of methoxy groups -OCH3 is 1. The summed E-state index contributed by atoms with van der Waals surface area (Å²) in [4.78, 5) is 34.3. The first-order valence-electron chi connectivity index (χ1n) is 9.93. The van der Waals surface area contributed by atoms with Crippen LogP contribution in [0.5, 0.6) is 0 Å². The molecule has 2 N–H and O–H groups in total. The smallest absolute Gasteiger partial charge is 0.409 e. The second kappa shape index (κ2) is 9.87. The van der Waals surface area contributed by atoms with Gasteiger partial charge in [0.15, 0.2) is 5.78 Å². The number of rotatable bonds is 7. The Hall–Kier alpha value is -3.42. The normalized spacial score (nSPS) is 15.9. The van der Waals surface area contributed by atoms with Gasteiger partial charge < -0.3 is 20.3 Å². The summed E-state index contributed by atoms with van der Waals surface area (Å²) < 4.78 is 4.82. The van der Waals surface area contributed by atoms with Gasteiger partial charge in [0, 0.05) is 43.0 Å². The van der Waals surface area contributed by atoms with Gasteiger partial charge in [-0.05, 0) is 37.5 Å². The summed E-state index contributed by atoms with van der Waals surface area (Å²) in [6.45, 7) is 6.69. The van der Waals surface area contributed by atoms with E-state index in [4.69, 9.17) is 4.74 Å². The molecule has 1 aromatic heterocycles. The van der Waals surface area contributed by atoms with E-state index in [0.717, 1.165) is 29.7 Å². The van der Waals surface area contributed by atoms with E-state index < -0.39 is 0 Å². The van der Waals surface area contributed by atoms with Crippen molar-refractivity contribution in [2.45, 2.75) is 32.2 Å². The van der Waals surface area contributed by atoms with Gasteiger partial charge in [0.25, 0.3) is 0 Å². The molecule has 8 nitrogen and oxygen atoms in total. The molecular formula is C22H27N5O3. The van der Waals surface area contributed by atoms with Gasteiger partial charge in [-0.2, -0.15) is 4.98 Å². The predicted molar refractivity (Wildman–Crippen MR) is 116 cm³/mol. The average molecular weight is 409 g/mol. The van der Waals surface area contributed by atoms with Gasteiger partial charge in [0.1, 0.15) is 5.82 Å². The number of ether oxygens (including phenoxy) is 1. The number of nitrogens with zero attached hydrogens (tertiary/aromatic N) is 3. The van der Waals surface area contributed by atoms with Crippen molar-refractivity contribution >= 4 is 29.3 Å². The molecule has 2 heterocycles. The number of anilines is 3. The van der Waals surface area contributed by atoms with E-state index in [1.54, 1.807) is 11.1 Å². The summed E-state index contributed by atoms with van der Waals surface area (Å²) in [5.41, 5.74) is 2.57. The molecule has 2 aromatic rings. The summed E-state index contributed by atoms with van der Waals surface area (Å²) in [5, 5.41) is 6.64. The summed E-state index contributed by atoms with van der Waals surface area (Å²) in [7, 11) is 1.39. The van der Waals surface area contributed by atoms with Crippen LogP contribution in [0.15, 0.2) is 43.1 Å². The molecule has 1 fully saturated rings. The van der Waals surface area contributed by atoms with Gasteiger partial charge in [-0.25, -0.2) is 9.78 Å². The molecule has 1 amide bonds. The number of likely N-dealkylation sites (tertiary alicyclic amines) is 1. The molecule has 8 heteroatoms. The number of amides is 1. The Kier molecular flexibility index (Phi) is 7.00. The van der Waals surface area contributed by atoms with Crippen molar-refractivity contribution in [2.75, 3.05) is 30.8 Å². The molecule has 1 aliphatic rings. The fraction of sp³-hybridized carbons (Fsp3) is 0.364. The maximum Gasteiger partial charge on any atom is 0.409 e. The van der Waals surface area contributed by atoms with Crippen LogP contribution in [-0.4, -0.2) is 53.0 Å². The number of nitrogens with one attached hydrogen (secondary N) is 2. The summed E-state index contributed by atoms with van der Waals surface area (Å²) in [5.74, 6) is 1.10. The van der Waals surface area contributed by atoms with E-state index in [0.29, 0.717) is 24.9 Å². The number of allylic oxidation sites excluding steroid dienone is 1. The number of para-hydroxylation sites is 1. The average Bonchev–Trinajstić information content (AvgIpc) is 2.76. The molecule has 0 unspecified atom stereocenters. The standard InChI is InChI=1S/C22H27N5O3/c1-4-18(28)12-16-8-5-6-10-19(16)25-20-15(2)13-23-21(26-20)24-17-9-7-11-27(14-17)22(29)30-3/h4-6,8,10,13,17H,1,7,9,11-12,14H2,2-3H3,(H2,23,24,25,26)/t17-/m0/s1. The third kappa shape index (κ3) is 5.34. The largest absolute Gasteiger partial charge is 0.453 e. The molecule has 1 atom stereocenters. The predicted octanol–water partition coefficient (Wildman–Crippen LogP) is 3.47. The topological polar surface area (TPSA) is 96.5 Å². The third-order valence-electron chi connectivity index (χ3n) is 5.02. The van der Waals surface area contributed by atoms with Crippen LogP contribution < -0.4 is 10.6 Å². The Balaban J connectivity index is 1.74. The van der Waals surface area contributed by atoms with E-state index >= 15 is 0 Å². The second-order valence-corrected chi connectivity index (χ2v) is 7.25. The van der Waals surface area contributed by atoms with Gasteiger partial charge in [-0.1, -0.05) is 24.8 Å². The number of carbonyl (C=O) groups excluding carboxylic acids is 2. The van der Waals surface area contributed by atoms with Crippen LogP contribution in [0.3, 0.4) is 0 Å². The molecule has 0 bridgehead atoms. The minimum atomic E-state index is -0.320. The highest BCUT2D eigenvalue weighted by molar-refractivity contribution is 5.92. The zero-order chi connectivity index (χ0) is 21.5. The number of aromatic nitrogens is 2. The quantitative estimate of drug-likeness (QED) is 0.676. The Labute approximate surface area is 176 Å². The van der Waals surface area contributed by atoms with Gasteiger partial charge in [-0.3, -0.25) is 4.79 Å². The van der Waals surface area contributed by atoms with E-state index in [9.17, 15) is 9.59 Å². The number of hydrogen-bond donors (Lipinski definition) is 2. The fourth-order valence-corrected chi connectivity index (χ4v) is 3.39. The lowest BCUT2D eigenvalue weighted by Gasteiger charge is -2.32. The number of piperidine rings is 1. The molecule has 0 aliphatic carbocycles. The van der Waals surface area contributed by atoms with Crippen molar-refractivity contribution in [3.63, 3.8) is 0 Å². The SMILES string of the molecule is C=CC(=O)Cc1ccccc1Nc1nc(N[C@H]2CCCN(C(=O)OC)C2)ncc1C. The van der Waals surface area contributed by atoms with Crippen LogP contribution in [0.4, 0.5) is 22.2 Å². The van der Waals surface area contributed by atoms with Crippen molar-refractivity contribution in [1.82, 2.24) is 14.9 Å². The van der Waals surface area contributed by atoms with Gasteiger partial charge in [0.05, 0.1) is 7.11 Å². The zero-order valence-electron chi connectivity index (χ0n) is 17.4. The molecular weight excluding hydrogens is 382 g/mol. The van der Waals surface area contributed by atoms with Crippen LogP contribution in [-0.2, 0) is 16.0 Å². The summed E-state index contributed by atoms with van der Waals surface area (Å²) in [6, 6.07) is 7.67. The third-order valence-corrected chi connectivity index (χ3v) is 5.02. The molecule has 0 saturated carbocycles. The lowest BCUT2D eigenvalue weighted by atomic mass is 10.1. The van der Waals surface area contributed by atoms with E-state index in [1.165, 1.54) is 13.2 Å².